The Hall–Kier alpha value is -0.830. The van der Waals surface area contributed by atoms with Crippen LogP contribution in [0.15, 0.2) is 12.4 Å². The van der Waals surface area contributed by atoms with E-state index in [1.807, 2.05) is 6.20 Å². The van der Waals surface area contributed by atoms with Gasteiger partial charge in [0.1, 0.15) is 5.82 Å². The molecule has 2 rings (SSSR count). The molecule has 0 aromatic carbocycles. The molecule has 0 spiro atoms. The molecule has 0 bridgehead atoms. The van der Waals surface area contributed by atoms with Crippen LogP contribution < -0.4 is 0 Å². The molecule has 2 heterocycles. The summed E-state index contributed by atoms with van der Waals surface area (Å²) in [5.74, 6) is 1.25. The van der Waals surface area contributed by atoms with E-state index in [1.54, 1.807) is 0 Å². The second-order valence-corrected chi connectivity index (χ2v) is 4.69. The van der Waals surface area contributed by atoms with Crippen LogP contribution in [0.3, 0.4) is 0 Å². The third kappa shape index (κ3) is 3.08. The molecule has 3 heteroatoms. The summed E-state index contributed by atoms with van der Waals surface area (Å²) in [5.41, 5.74) is 0. The van der Waals surface area contributed by atoms with Crippen molar-refractivity contribution in [3.05, 3.63) is 18.2 Å². The Balaban J connectivity index is 1.73. The molecule has 16 heavy (non-hydrogen) atoms. The van der Waals surface area contributed by atoms with E-state index in [-0.39, 0.29) is 0 Å². The van der Waals surface area contributed by atoms with Crippen molar-refractivity contribution >= 4 is 0 Å². The van der Waals surface area contributed by atoms with Crippen molar-refractivity contribution in [1.29, 1.82) is 0 Å². The van der Waals surface area contributed by atoms with Gasteiger partial charge in [-0.05, 0) is 45.3 Å². The number of aryl methyl sites for hydroxylation is 2. The molecule has 90 valence electrons. The number of aromatic nitrogens is 2. The minimum absolute atomic E-state index is 1.11. The van der Waals surface area contributed by atoms with Crippen LogP contribution in [-0.2, 0) is 13.0 Å². The second-order valence-electron chi connectivity index (χ2n) is 4.69. The van der Waals surface area contributed by atoms with Crippen molar-refractivity contribution in [3.8, 4) is 0 Å². The molecular formula is C13H23N3. The van der Waals surface area contributed by atoms with Gasteiger partial charge in [0.2, 0.25) is 0 Å². The van der Waals surface area contributed by atoms with E-state index in [1.165, 1.54) is 51.1 Å². The fourth-order valence-corrected chi connectivity index (χ4v) is 2.47. The molecule has 0 N–H and O–H groups in total. The summed E-state index contributed by atoms with van der Waals surface area (Å²) in [7, 11) is 0. The van der Waals surface area contributed by atoms with E-state index in [0.717, 1.165) is 13.0 Å². The Morgan fingerprint density at radius 3 is 2.81 bits per heavy atom. The summed E-state index contributed by atoms with van der Waals surface area (Å²) < 4.78 is 2.32. The molecule has 1 aliphatic heterocycles. The number of hydrogen-bond acceptors (Lipinski definition) is 2. The minimum atomic E-state index is 1.11. The van der Waals surface area contributed by atoms with E-state index >= 15 is 0 Å². The summed E-state index contributed by atoms with van der Waals surface area (Å²) in [6.45, 7) is 7.22. The second kappa shape index (κ2) is 6.04. The van der Waals surface area contributed by atoms with Gasteiger partial charge in [-0.15, -0.1) is 0 Å². The minimum Gasteiger partial charge on any atom is -0.335 e. The third-order valence-corrected chi connectivity index (χ3v) is 3.35. The highest BCUT2D eigenvalue weighted by Gasteiger charge is 2.10. The lowest BCUT2D eigenvalue weighted by Crippen LogP contribution is -2.21. The molecule has 0 unspecified atom stereocenters. The molecular weight excluding hydrogens is 198 g/mol. The molecule has 0 atom stereocenters. The normalized spacial score (nSPS) is 17.1. The Bertz CT molecular complexity index is 300. The Kier molecular flexibility index (Phi) is 4.40. The molecule has 1 aromatic rings. The van der Waals surface area contributed by atoms with E-state index in [2.05, 4.69) is 27.6 Å². The zero-order chi connectivity index (χ0) is 11.2. The monoisotopic (exact) mass is 221 g/mol. The van der Waals surface area contributed by atoms with Crippen LogP contribution in [-0.4, -0.2) is 34.1 Å². The lowest BCUT2D eigenvalue weighted by atomic mass is 10.3. The molecule has 3 nitrogen and oxygen atoms in total. The van der Waals surface area contributed by atoms with E-state index in [0.29, 0.717) is 0 Å². The Morgan fingerprint density at radius 2 is 2.06 bits per heavy atom. The van der Waals surface area contributed by atoms with Gasteiger partial charge in [0.25, 0.3) is 0 Å². The SMILES string of the molecule is CCCc1nccn1CCCN1CCCC1. The summed E-state index contributed by atoms with van der Waals surface area (Å²) in [5, 5.41) is 0. The van der Waals surface area contributed by atoms with Crippen LogP contribution in [0.1, 0.15) is 38.4 Å². The maximum Gasteiger partial charge on any atom is 0.108 e. The molecule has 0 radical (unpaired) electrons. The van der Waals surface area contributed by atoms with Gasteiger partial charge >= 0.3 is 0 Å². The zero-order valence-corrected chi connectivity index (χ0v) is 10.4. The first-order valence-corrected chi connectivity index (χ1v) is 6.62. The van der Waals surface area contributed by atoms with Gasteiger partial charge in [0.15, 0.2) is 0 Å². The maximum atomic E-state index is 4.41. The standard InChI is InChI=1S/C13H23N3/c1-2-6-13-14-7-12-16(13)11-5-10-15-8-3-4-9-15/h7,12H,2-6,8-11H2,1H3. The van der Waals surface area contributed by atoms with E-state index in [4.69, 9.17) is 0 Å². The molecule has 1 aromatic heterocycles. The highest BCUT2D eigenvalue weighted by atomic mass is 15.1. The smallest absolute Gasteiger partial charge is 0.108 e. The van der Waals surface area contributed by atoms with Crippen LogP contribution in [0.4, 0.5) is 0 Å². The van der Waals surface area contributed by atoms with Crippen LogP contribution in [0.25, 0.3) is 0 Å². The highest BCUT2D eigenvalue weighted by Crippen LogP contribution is 2.09. The summed E-state index contributed by atoms with van der Waals surface area (Å²) in [6, 6.07) is 0. The summed E-state index contributed by atoms with van der Waals surface area (Å²) in [4.78, 5) is 6.99. The first kappa shape index (κ1) is 11.6. The Labute approximate surface area is 98.5 Å². The topological polar surface area (TPSA) is 21.1 Å². The van der Waals surface area contributed by atoms with Gasteiger partial charge < -0.3 is 9.47 Å². The molecule has 1 saturated heterocycles. The lowest BCUT2D eigenvalue weighted by molar-refractivity contribution is 0.324. The predicted octanol–water partition coefficient (Wildman–Crippen LogP) is 2.32. The average Bonchev–Trinajstić information content (AvgIpc) is 2.91. The van der Waals surface area contributed by atoms with Gasteiger partial charge in [-0.25, -0.2) is 4.98 Å². The van der Waals surface area contributed by atoms with Gasteiger partial charge in [-0.2, -0.15) is 0 Å². The van der Waals surface area contributed by atoms with Crippen molar-refractivity contribution in [2.24, 2.45) is 0 Å². The largest absolute Gasteiger partial charge is 0.335 e. The molecule has 0 aliphatic carbocycles. The summed E-state index contributed by atoms with van der Waals surface area (Å²) >= 11 is 0. The fourth-order valence-electron chi connectivity index (χ4n) is 2.47. The zero-order valence-electron chi connectivity index (χ0n) is 10.4. The quantitative estimate of drug-likeness (QED) is 0.735. The lowest BCUT2D eigenvalue weighted by Gasteiger charge is -2.14. The molecule has 0 amide bonds. The average molecular weight is 221 g/mol. The van der Waals surface area contributed by atoms with Gasteiger partial charge in [0, 0.05) is 25.4 Å². The number of likely N-dealkylation sites (tertiary alicyclic amines) is 1. The van der Waals surface area contributed by atoms with Crippen LogP contribution in [0.2, 0.25) is 0 Å². The third-order valence-electron chi connectivity index (χ3n) is 3.35. The van der Waals surface area contributed by atoms with Crippen molar-refractivity contribution in [2.45, 2.75) is 45.6 Å². The van der Waals surface area contributed by atoms with Gasteiger partial charge in [-0.3, -0.25) is 0 Å². The summed E-state index contributed by atoms with van der Waals surface area (Å²) in [6.07, 6.45) is 10.4. The number of hydrogen-bond donors (Lipinski definition) is 0. The molecule has 1 aliphatic rings. The Morgan fingerprint density at radius 1 is 1.25 bits per heavy atom. The molecule has 0 saturated carbocycles. The van der Waals surface area contributed by atoms with E-state index < -0.39 is 0 Å². The number of nitrogens with zero attached hydrogens (tertiary/aromatic N) is 3. The highest BCUT2D eigenvalue weighted by molar-refractivity contribution is 4.92. The van der Waals surface area contributed by atoms with Gasteiger partial charge in [0.05, 0.1) is 0 Å². The predicted molar refractivity (Wildman–Crippen MR) is 66.5 cm³/mol. The number of imidazole rings is 1. The first-order chi connectivity index (χ1) is 7.90. The van der Waals surface area contributed by atoms with Crippen molar-refractivity contribution in [3.63, 3.8) is 0 Å². The van der Waals surface area contributed by atoms with Gasteiger partial charge in [-0.1, -0.05) is 6.92 Å². The molecule has 1 fully saturated rings. The number of rotatable bonds is 6. The van der Waals surface area contributed by atoms with Crippen LogP contribution in [0.5, 0.6) is 0 Å². The van der Waals surface area contributed by atoms with Crippen molar-refractivity contribution in [1.82, 2.24) is 14.5 Å². The van der Waals surface area contributed by atoms with Crippen LogP contribution >= 0.6 is 0 Å². The maximum absolute atomic E-state index is 4.41. The van der Waals surface area contributed by atoms with E-state index in [9.17, 15) is 0 Å². The fraction of sp³-hybridized carbons (Fsp3) is 0.769. The van der Waals surface area contributed by atoms with Crippen molar-refractivity contribution < 1.29 is 0 Å². The van der Waals surface area contributed by atoms with Crippen molar-refractivity contribution in [2.75, 3.05) is 19.6 Å². The first-order valence-electron chi connectivity index (χ1n) is 6.62. The van der Waals surface area contributed by atoms with Crippen LogP contribution in [0, 0.1) is 0 Å².